The summed E-state index contributed by atoms with van der Waals surface area (Å²) in [5.41, 5.74) is 0.906. The van der Waals surface area contributed by atoms with Gasteiger partial charge in [-0.3, -0.25) is 14.4 Å². The monoisotopic (exact) mass is 424 g/mol. The van der Waals surface area contributed by atoms with Gasteiger partial charge in [0.05, 0.1) is 35.9 Å². The van der Waals surface area contributed by atoms with Gasteiger partial charge >= 0.3 is 0 Å². The number of fused-ring (bicyclic) bond motifs is 1. The molecule has 2 aliphatic rings. The molecule has 0 bridgehead atoms. The fraction of sp³-hybridized carbons (Fsp3) is 0.261. The minimum Gasteiger partial charge on any atom is -0.495 e. The van der Waals surface area contributed by atoms with E-state index in [-0.39, 0.29) is 34.9 Å². The first kappa shape index (κ1) is 20.2. The first-order valence-electron chi connectivity index (χ1n) is 9.70. The molecule has 0 aromatic heterocycles. The van der Waals surface area contributed by atoms with Gasteiger partial charge in [-0.05, 0) is 42.7 Å². The van der Waals surface area contributed by atoms with Crippen molar-refractivity contribution >= 4 is 40.7 Å². The van der Waals surface area contributed by atoms with E-state index in [4.69, 9.17) is 16.3 Å². The quantitative estimate of drug-likeness (QED) is 0.586. The Labute approximate surface area is 179 Å². The third kappa shape index (κ3) is 3.37. The Morgan fingerprint density at radius 3 is 2.67 bits per heavy atom. The molecule has 1 fully saturated rings. The highest BCUT2D eigenvalue weighted by Gasteiger charge is 2.51. The zero-order valence-corrected chi connectivity index (χ0v) is 17.3. The maximum atomic E-state index is 13.1. The maximum Gasteiger partial charge on any atom is 0.257 e. The zero-order valence-electron chi connectivity index (χ0n) is 16.6. The molecule has 0 unspecified atom stereocenters. The molecule has 1 aliphatic heterocycles. The van der Waals surface area contributed by atoms with Crippen molar-refractivity contribution < 1.29 is 19.1 Å². The van der Waals surface area contributed by atoms with E-state index in [0.717, 1.165) is 0 Å². The molecule has 1 aliphatic carbocycles. The molecule has 0 saturated carbocycles. The average molecular weight is 425 g/mol. The maximum absolute atomic E-state index is 13.1. The number of imide groups is 1. The number of para-hydroxylation sites is 1. The summed E-state index contributed by atoms with van der Waals surface area (Å²) < 4.78 is 5.28. The molecule has 30 heavy (non-hydrogen) atoms. The van der Waals surface area contributed by atoms with Crippen molar-refractivity contribution in [3.63, 3.8) is 0 Å². The lowest BCUT2D eigenvalue weighted by Gasteiger charge is -2.22. The van der Waals surface area contributed by atoms with Gasteiger partial charge in [-0.1, -0.05) is 42.8 Å². The number of allylic oxidation sites excluding steroid dienone is 2. The van der Waals surface area contributed by atoms with Gasteiger partial charge in [-0.25, -0.2) is 4.90 Å². The molecule has 1 saturated heterocycles. The Hall–Kier alpha value is -3.12. The summed E-state index contributed by atoms with van der Waals surface area (Å²) in [6.45, 7) is 1.94. The molecule has 1 heterocycles. The second-order valence-corrected chi connectivity index (χ2v) is 7.92. The molecule has 0 spiro atoms. The number of hydrogen-bond donors (Lipinski definition) is 1. The van der Waals surface area contributed by atoms with Gasteiger partial charge in [0.2, 0.25) is 11.8 Å². The fourth-order valence-corrected chi connectivity index (χ4v) is 4.39. The summed E-state index contributed by atoms with van der Waals surface area (Å²) in [4.78, 5) is 40.5. The van der Waals surface area contributed by atoms with Crippen molar-refractivity contribution in [2.75, 3.05) is 17.3 Å². The van der Waals surface area contributed by atoms with Crippen LogP contribution in [-0.2, 0) is 9.59 Å². The predicted octanol–water partition coefficient (Wildman–Crippen LogP) is 4.30. The van der Waals surface area contributed by atoms with Crippen LogP contribution in [0.25, 0.3) is 0 Å². The van der Waals surface area contributed by atoms with E-state index in [9.17, 15) is 14.4 Å². The summed E-state index contributed by atoms with van der Waals surface area (Å²) in [6.07, 6.45) is 4.45. The normalized spacial score (nSPS) is 22.8. The van der Waals surface area contributed by atoms with Crippen molar-refractivity contribution in [3.05, 3.63) is 65.2 Å². The fourth-order valence-electron chi connectivity index (χ4n) is 4.21. The van der Waals surface area contributed by atoms with Crippen LogP contribution in [0.4, 0.5) is 11.4 Å². The predicted molar refractivity (Wildman–Crippen MR) is 115 cm³/mol. The van der Waals surface area contributed by atoms with Crippen LogP contribution in [0.2, 0.25) is 5.02 Å². The standard InChI is InChI=1S/C23H21ClN2O4/c1-13-6-5-8-16-20(13)23(29)26(22(16)28)18-9-4-3-7-15(18)21(27)25-17-12-14(24)10-11-19(17)30-2/h3-7,9-13,16,20H,8H2,1-2H3,(H,25,27)/t13-,16+,20+/m0/s1. The lowest BCUT2D eigenvalue weighted by molar-refractivity contribution is -0.122. The second kappa shape index (κ2) is 7.95. The number of carbonyl (C=O) groups excluding carboxylic acids is 3. The molecule has 154 valence electrons. The topological polar surface area (TPSA) is 75.7 Å². The van der Waals surface area contributed by atoms with Gasteiger partial charge < -0.3 is 10.1 Å². The number of rotatable bonds is 4. The molecular formula is C23H21ClN2O4. The Kier molecular flexibility index (Phi) is 5.35. The Morgan fingerprint density at radius 2 is 1.93 bits per heavy atom. The molecule has 2 aromatic carbocycles. The number of carbonyl (C=O) groups is 3. The Morgan fingerprint density at radius 1 is 1.17 bits per heavy atom. The first-order valence-corrected chi connectivity index (χ1v) is 10.1. The van der Waals surface area contributed by atoms with E-state index in [2.05, 4.69) is 5.32 Å². The highest BCUT2D eigenvalue weighted by Crippen LogP contribution is 2.41. The van der Waals surface area contributed by atoms with Crippen molar-refractivity contribution in [1.29, 1.82) is 0 Å². The van der Waals surface area contributed by atoms with E-state index >= 15 is 0 Å². The van der Waals surface area contributed by atoms with E-state index in [1.807, 2.05) is 19.1 Å². The van der Waals surface area contributed by atoms with Crippen LogP contribution in [0.15, 0.2) is 54.6 Å². The van der Waals surface area contributed by atoms with Crippen LogP contribution in [-0.4, -0.2) is 24.8 Å². The smallest absolute Gasteiger partial charge is 0.257 e. The highest BCUT2D eigenvalue weighted by atomic mass is 35.5. The number of amides is 3. The van der Waals surface area contributed by atoms with Crippen molar-refractivity contribution in [1.82, 2.24) is 0 Å². The van der Waals surface area contributed by atoms with Gasteiger partial charge in [0.25, 0.3) is 5.91 Å². The Bertz CT molecular complexity index is 1060. The molecule has 4 rings (SSSR count). The molecule has 0 radical (unpaired) electrons. The molecule has 2 aromatic rings. The number of methoxy groups -OCH3 is 1. The van der Waals surface area contributed by atoms with E-state index in [0.29, 0.717) is 22.9 Å². The summed E-state index contributed by atoms with van der Waals surface area (Å²) in [7, 11) is 1.49. The van der Waals surface area contributed by atoms with E-state index in [1.165, 1.54) is 12.0 Å². The first-order chi connectivity index (χ1) is 14.4. The molecule has 3 amide bonds. The van der Waals surface area contributed by atoms with Crippen LogP contribution in [0.3, 0.4) is 0 Å². The van der Waals surface area contributed by atoms with Crippen LogP contribution >= 0.6 is 11.6 Å². The van der Waals surface area contributed by atoms with Gasteiger partial charge in [0.1, 0.15) is 5.75 Å². The van der Waals surface area contributed by atoms with Gasteiger partial charge in [-0.2, -0.15) is 0 Å². The zero-order chi connectivity index (χ0) is 21.4. The molecule has 1 N–H and O–H groups in total. The average Bonchev–Trinajstić information content (AvgIpc) is 2.99. The molecule has 3 atom stereocenters. The summed E-state index contributed by atoms with van der Waals surface area (Å²) in [5, 5.41) is 3.21. The number of halogens is 1. The van der Waals surface area contributed by atoms with E-state index in [1.54, 1.807) is 42.5 Å². The third-order valence-electron chi connectivity index (χ3n) is 5.67. The number of nitrogens with one attached hydrogen (secondary N) is 1. The van der Waals surface area contributed by atoms with Gasteiger partial charge in [0.15, 0.2) is 0 Å². The second-order valence-electron chi connectivity index (χ2n) is 7.48. The van der Waals surface area contributed by atoms with Crippen molar-refractivity contribution in [2.45, 2.75) is 13.3 Å². The third-order valence-corrected chi connectivity index (χ3v) is 5.91. The summed E-state index contributed by atoms with van der Waals surface area (Å²) >= 11 is 6.05. The lowest BCUT2D eigenvalue weighted by Crippen LogP contribution is -2.33. The van der Waals surface area contributed by atoms with Crippen LogP contribution in [0.1, 0.15) is 23.7 Å². The number of anilines is 2. The Balaban J connectivity index is 1.69. The van der Waals surface area contributed by atoms with Crippen molar-refractivity contribution in [3.8, 4) is 5.75 Å². The van der Waals surface area contributed by atoms with Crippen LogP contribution < -0.4 is 15.0 Å². The SMILES string of the molecule is COc1ccc(Cl)cc1NC(=O)c1ccccc1N1C(=O)[C@@H]2[C@@H](C)C=CC[C@H]2C1=O. The lowest BCUT2D eigenvalue weighted by atomic mass is 9.78. The van der Waals surface area contributed by atoms with Gasteiger partial charge in [-0.15, -0.1) is 0 Å². The number of hydrogen-bond acceptors (Lipinski definition) is 4. The summed E-state index contributed by atoms with van der Waals surface area (Å²) in [5.74, 6) is -1.35. The molecule has 7 heteroatoms. The molecular weight excluding hydrogens is 404 g/mol. The number of nitrogens with zero attached hydrogens (tertiary/aromatic N) is 1. The van der Waals surface area contributed by atoms with Crippen molar-refractivity contribution in [2.24, 2.45) is 17.8 Å². The minimum absolute atomic E-state index is 0.0260. The summed E-state index contributed by atoms with van der Waals surface area (Å²) in [6, 6.07) is 11.5. The van der Waals surface area contributed by atoms with E-state index < -0.39 is 11.8 Å². The van der Waals surface area contributed by atoms with Gasteiger partial charge in [0, 0.05) is 5.02 Å². The number of benzene rings is 2. The van der Waals surface area contributed by atoms with Crippen LogP contribution in [0.5, 0.6) is 5.75 Å². The minimum atomic E-state index is -0.465. The number of ether oxygens (including phenoxy) is 1. The molecule has 6 nitrogen and oxygen atoms in total. The highest BCUT2D eigenvalue weighted by molar-refractivity contribution is 6.31. The van der Waals surface area contributed by atoms with Crippen LogP contribution in [0, 0.1) is 17.8 Å². The largest absolute Gasteiger partial charge is 0.495 e.